The third-order valence-corrected chi connectivity index (χ3v) is 3.64. The highest BCUT2D eigenvalue weighted by Gasteiger charge is 2.23. The van der Waals surface area contributed by atoms with Crippen molar-refractivity contribution < 1.29 is 14.0 Å². The molecule has 0 aromatic heterocycles. The molecule has 0 radical (unpaired) electrons. The lowest BCUT2D eigenvalue weighted by molar-refractivity contribution is -0.111. The summed E-state index contributed by atoms with van der Waals surface area (Å²) in [6.07, 6.45) is 5.03. The quantitative estimate of drug-likeness (QED) is 0.829. The maximum Gasteiger partial charge on any atom is 0.251 e. The highest BCUT2D eigenvalue weighted by Crippen LogP contribution is 2.19. The van der Waals surface area contributed by atoms with E-state index in [2.05, 4.69) is 10.6 Å². The molecule has 24 heavy (non-hydrogen) atoms. The predicted molar refractivity (Wildman–Crippen MR) is 91.0 cm³/mol. The molecule has 5 heteroatoms. The summed E-state index contributed by atoms with van der Waals surface area (Å²) in [5, 5.41) is 5.39. The Labute approximate surface area is 139 Å². The van der Waals surface area contributed by atoms with Gasteiger partial charge in [-0.15, -0.1) is 0 Å². The lowest BCUT2D eigenvalue weighted by atomic mass is 10.1. The van der Waals surface area contributed by atoms with E-state index in [1.807, 2.05) is 0 Å². The molecule has 0 saturated heterocycles. The molecule has 0 heterocycles. The van der Waals surface area contributed by atoms with Gasteiger partial charge in [-0.2, -0.15) is 0 Å². The van der Waals surface area contributed by atoms with E-state index in [0.717, 1.165) is 18.4 Å². The average Bonchev–Trinajstić information content (AvgIpc) is 3.39. The van der Waals surface area contributed by atoms with E-state index in [1.165, 1.54) is 18.2 Å². The van der Waals surface area contributed by atoms with Gasteiger partial charge in [0.25, 0.3) is 5.91 Å². The van der Waals surface area contributed by atoms with E-state index in [-0.39, 0.29) is 11.6 Å². The number of hydrogen-bond acceptors (Lipinski definition) is 2. The Hall–Kier alpha value is -2.95. The van der Waals surface area contributed by atoms with Gasteiger partial charge >= 0.3 is 0 Å². The number of rotatable bonds is 5. The number of carbonyl (C=O) groups excluding carboxylic acids is 2. The Balaban J connectivity index is 1.58. The van der Waals surface area contributed by atoms with Crippen molar-refractivity contribution in [2.24, 2.45) is 0 Å². The fourth-order valence-corrected chi connectivity index (χ4v) is 2.15. The minimum absolute atomic E-state index is 0.0784. The number of nitrogens with one attached hydrogen (secondary N) is 2. The molecule has 2 N–H and O–H groups in total. The summed E-state index contributed by atoms with van der Waals surface area (Å²) in [7, 11) is 0. The van der Waals surface area contributed by atoms with Crippen LogP contribution in [0.5, 0.6) is 0 Å². The number of halogens is 1. The molecule has 0 atom stereocenters. The summed E-state index contributed by atoms with van der Waals surface area (Å²) in [6, 6.07) is 13.2. The van der Waals surface area contributed by atoms with E-state index in [0.29, 0.717) is 11.6 Å². The summed E-state index contributed by atoms with van der Waals surface area (Å²) in [5.74, 6) is -0.980. The normalized spacial score (nSPS) is 13.7. The van der Waals surface area contributed by atoms with E-state index >= 15 is 0 Å². The molecule has 3 rings (SSSR count). The van der Waals surface area contributed by atoms with Crippen LogP contribution in [0.2, 0.25) is 0 Å². The molecule has 2 aromatic rings. The van der Waals surface area contributed by atoms with Crippen LogP contribution < -0.4 is 10.6 Å². The molecule has 0 bridgehead atoms. The molecule has 4 nitrogen and oxygen atoms in total. The molecule has 0 unspecified atom stereocenters. The standard InChI is InChI=1S/C19H17FN2O2/c20-16-3-1-2-4-17(16)22-18(23)12-7-13-5-8-14(9-6-13)19(24)21-15-10-11-15/h1-9,12,15H,10-11H2,(H,21,24)(H,22,23)/b12-7+. The average molecular weight is 324 g/mol. The van der Waals surface area contributed by atoms with Crippen LogP contribution in [0.4, 0.5) is 10.1 Å². The lowest BCUT2D eigenvalue weighted by Gasteiger charge is -2.04. The van der Waals surface area contributed by atoms with Crippen molar-refractivity contribution in [3.05, 3.63) is 71.6 Å². The van der Waals surface area contributed by atoms with Crippen molar-refractivity contribution >= 4 is 23.6 Å². The van der Waals surface area contributed by atoms with Crippen LogP contribution in [-0.2, 0) is 4.79 Å². The number of amides is 2. The second-order valence-electron chi connectivity index (χ2n) is 5.67. The topological polar surface area (TPSA) is 58.2 Å². The van der Waals surface area contributed by atoms with Gasteiger partial charge in [0.2, 0.25) is 5.91 Å². The molecule has 1 saturated carbocycles. The summed E-state index contributed by atoms with van der Waals surface area (Å²) in [6.45, 7) is 0. The third kappa shape index (κ3) is 4.29. The summed E-state index contributed by atoms with van der Waals surface area (Å²) in [4.78, 5) is 23.7. The second-order valence-corrected chi connectivity index (χ2v) is 5.67. The van der Waals surface area contributed by atoms with Gasteiger partial charge in [-0.25, -0.2) is 4.39 Å². The number of anilines is 1. The zero-order chi connectivity index (χ0) is 16.9. The van der Waals surface area contributed by atoms with Crippen LogP contribution in [0.1, 0.15) is 28.8 Å². The van der Waals surface area contributed by atoms with Crippen molar-refractivity contribution in [2.75, 3.05) is 5.32 Å². The van der Waals surface area contributed by atoms with Crippen LogP contribution in [-0.4, -0.2) is 17.9 Å². The van der Waals surface area contributed by atoms with Crippen molar-refractivity contribution in [3.8, 4) is 0 Å². The van der Waals surface area contributed by atoms with Crippen LogP contribution in [0.15, 0.2) is 54.6 Å². The van der Waals surface area contributed by atoms with Crippen LogP contribution in [0.3, 0.4) is 0 Å². The molecular weight excluding hydrogens is 307 g/mol. The van der Waals surface area contributed by atoms with Crippen molar-refractivity contribution in [2.45, 2.75) is 18.9 Å². The second kappa shape index (κ2) is 7.08. The molecule has 1 aliphatic rings. The number of carbonyl (C=O) groups is 2. The fraction of sp³-hybridized carbons (Fsp3) is 0.158. The van der Waals surface area contributed by atoms with Crippen LogP contribution in [0.25, 0.3) is 6.08 Å². The highest BCUT2D eigenvalue weighted by atomic mass is 19.1. The number of hydrogen-bond donors (Lipinski definition) is 2. The number of benzene rings is 2. The van der Waals surface area contributed by atoms with Gasteiger partial charge in [0.15, 0.2) is 0 Å². The first-order valence-corrected chi connectivity index (χ1v) is 7.76. The predicted octanol–water partition coefficient (Wildman–Crippen LogP) is 3.37. The monoisotopic (exact) mass is 324 g/mol. The van der Waals surface area contributed by atoms with E-state index in [9.17, 15) is 14.0 Å². The van der Waals surface area contributed by atoms with Gasteiger partial charge in [0, 0.05) is 17.7 Å². The molecule has 1 aliphatic carbocycles. The van der Waals surface area contributed by atoms with Gasteiger partial charge in [0.1, 0.15) is 5.82 Å². The number of para-hydroxylation sites is 1. The largest absolute Gasteiger partial charge is 0.349 e. The molecular formula is C19H17FN2O2. The molecule has 2 amide bonds. The van der Waals surface area contributed by atoms with Gasteiger partial charge < -0.3 is 10.6 Å². The van der Waals surface area contributed by atoms with Crippen molar-refractivity contribution in [1.29, 1.82) is 0 Å². The van der Waals surface area contributed by atoms with Crippen LogP contribution in [0, 0.1) is 5.82 Å². The Bertz CT molecular complexity index is 780. The van der Waals surface area contributed by atoms with Gasteiger partial charge in [-0.1, -0.05) is 24.3 Å². The molecule has 2 aromatic carbocycles. The highest BCUT2D eigenvalue weighted by molar-refractivity contribution is 6.02. The third-order valence-electron chi connectivity index (χ3n) is 3.64. The minimum atomic E-state index is -0.481. The van der Waals surface area contributed by atoms with E-state index < -0.39 is 11.7 Å². The molecule has 122 valence electrons. The maximum absolute atomic E-state index is 13.5. The van der Waals surface area contributed by atoms with E-state index in [4.69, 9.17) is 0 Å². The summed E-state index contributed by atoms with van der Waals surface area (Å²) in [5.41, 5.74) is 1.51. The lowest BCUT2D eigenvalue weighted by Crippen LogP contribution is -2.25. The first-order chi connectivity index (χ1) is 11.6. The zero-order valence-electron chi connectivity index (χ0n) is 13.0. The SMILES string of the molecule is O=C(/C=C/c1ccc(C(=O)NC2CC2)cc1)Nc1ccccc1F. The maximum atomic E-state index is 13.5. The fourth-order valence-electron chi connectivity index (χ4n) is 2.15. The zero-order valence-corrected chi connectivity index (χ0v) is 13.0. The Kier molecular flexibility index (Phi) is 4.70. The molecule has 0 spiro atoms. The van der Waals surface area contributed by atoms with E-state index in [1.54, 1.807) is 42.5 Å². The Morgan fingerprint density at radius 3 is 2.42 bits per heavy atom. The van der Waals surface area contributed by atoms with Crippen molar-refractivity contribution in [1.82, 2.24) is 5.32 Å². The summed E-state index contributed by atoms with van der Waals surface area (Å²) >= 11 is 0. The summed E-state index contributed by atoms with van der Waals surface area (Å²) < 4.78 is 13.5. The van der Waals surface area contributed by atoms with Crippen molar-refractivity contribution in [3.63, 3.8) is 0 Å². The first kappa shape index (κ1) is 15.9. The molecule has 1 fully saturated rings. The Morgan fingerprint density at radius 1 is 1.04 bits per heavy atom. The van der Waals surface area contributed by atoms with Gasteiger partial charge in [-0.05, 0) is 48.7 Å². The smallest absolute Gasteiger partial charge is 0.251 e. The molecule has 0 aliphatic heterocycles. The Morgan fingerprint density at radius 2 is 1.75 bits per heavy atom. The first-order valence-electron chi connectivity index (χ1n) is 7.76. The van der Waals surface area contributed by atoms with Crippen LogP contribution >= 0.6 is 0 Å². The minimum Gasteiger partial charge on any atom is -0.349 e. The van der Waals surface area contributed by atoms with Gasteiger partial charge in [0.05, 0.1) is 5.69 Å². The van der Waals surface area contributed by atoms with Gasteiger partial charge in [-0.3, -0.25) is 9.59 Å².